The van der Waals surface area contributed by atoms with Gasteiger partial charge in [0.25, 0.3) is 0 Å². The van der Waals surface area contributed by atoms with E-state index in [9.17, 15) is 40.2 Å². The van der Waals surface area contributed by atoms with E-state index < -0.39 is 97.3 Å². The number of rotatable bonds is 3. The summed E-state index contributed by atoms with van der Waals surface area (Å²) in [4.78, 5) is 24.4. The van der Waals surface area contributed by atoms with Crippen LogP contribution in [0.5, 0.6) is 0 Å². The first-order valence-electron chi connectivity index (χ1n) is 15.9. The fourth-order valence-corrected chi connectivity index (χ4v) is 6.00. The Morgan fingerprint density at radius 3 is 2.36 bits per heavy atom. The number of fused-ring (bicyclic) bond motifs is 3. The summed E-state index contributed by atoms with van der Waals surface area (Å²) in [5.41, 5.74) is 5.98. The van der Waals surface area contributed by atoms with Crippen molar-refractivity contribution in [3.8, 4) is 0 Å². The molecule has 4 heterocycles. The van der Waals surface area contributed by atoms with Crippen LogP contribution in [-0.2, 0) is 33.3 Å². The highest BCUT2D eigenvalue weighted by Gasteiger charge is 2.51. The van der Waals surface area contributed by atoms with E-state index in [2.05, 4.69) is 0 Å². The van der Waals surface area contributed by atoms with Gasteiger partial charge in [-0.15, -0.1) is 0 Å². The van der Waals surface area contributed by atoms with E-state index in [4.69, 9.17) is 29.4 Å². The average Bonchev–Trinajstić information content (AvgIpc) is 3.72. The molecule has 0 radical (unpaired) electrons. The third-order valence-electron chi connectivity index (χ3n) is 8.58. The van der Waals surface area contributed by atoms with Crippen molar-refractivity contribution >= 4 is 11.9 Å². The van der Waals surface area contributed by atoms with Crippen LogP contribution in [-0.4, -0.2) is 122 Å². The van der Waals surface area contributed by atoms with Crippen LogP contribution in [0.3, 0.4) is 0 Å². The molecule has 14 heteroatoms. The maximum atomic E-state index is 12.3. The molecular weight excluding hydrogens is 618 g/mol. The molecule has 14 atom stereocenters. The van der Waals surface area contributed by atoms with Gasteiger partial charge in [-0.1, -0.05) is 48.6 Å². The third-order valence-corrected chi connectivity index (χ3v) is 8.58. The van der Waals surface area contributed by atoms with Gasteiger partial charge in [-0.25, -0.2) is 4.79 Å². The minimum Gasteiger partial charge on any atom is -0.481 e. The number of aliphatic carboxylic acids is 1. The van der Waals surface area contributed by atoms with Crippen molar-refractivity contribution in [1.29, 1.82) is 0 Å². The number of epoxide rings is 1. The number of hydrogen-bond acceptors (Lipinski definition) is 13. The summed E-state index contributed by atoms with van der Waals surface area (Å²) >= 11 is 0. The molecule has 0 saturated carbocycles. The number of carbonyl (C=O) groups excluding carboxylic acids is 1. The first-order chi connectivity index (χ1) is 22.3. The highest BCUT2D eigenvalue weighted by Crippen LogP contribution is 2.39. The molecule has 3 saturated heterocycles. The lowest BCUT2D eigenvalue weighted by atomic mass is 9.83. The molecule has 4 rings (SSSR count). The number of allylic oxidation sites excluding steroid dienone is 6. The van der Waals surface area contributed by atoms with Crippen LogP contribution in [0.25, 0.3) is 0 Å². The summed E-state index contributed by atoms with van der Waals surface area (Å²) < 4.78 is 28.5. The molecule has 0 amide bonds. The van der Waals surface area contributed by atoms with Gasteiger partial charge in [-0.05, 0) is 19.9 Å². The van der Waals surface area contributed by atoms with Crippen molar-refractivity contribution in [2.75, 3.05) is 0 Å². The maximum Gasteiger partial charge on any atom is 0.330 e. The number of ether oxygens (including phenoxy) is 5. The Bertz CT molecular complexity index is 1220. The summed E-state index contributed by atoms with van der Waals surface area (Å²) in [5, 5.41) is 63.9. The Morgan fingerprint density at radius 2 is 1.64 bits per heavy atom. The van der Waals surface area contributed by atoms with Crippen molar-refractivity contribution in [2.45, 2.75) is 125 Å². The van der Waals surface area contributed by atoms with E-state index in [0.29, 0.717) is 6.42 Å². The van der Waals surface area contributed by atoms with Gasteiger partial charge in [-0.2, -0.15) is 0 Å². The second kappa shape index (κ2) is 16.6. The molecule has 0 aromatic rings. The van der Waals surface area contributed by atoms with Crippen LogP contribution in [0.15, 0.2) is 60.8 Å². The molecule has 14 nitrogen and oxygen atoms in total. The Labute approximate surface area is 273 Å². The summed E-state index contributed by atoms with van der Waals surface area (Å²) in [6, 6.07) is -1.08. The Balaban J connectivity index is 1.58. The quantitative estimate of drug-likeness (QED) is 0.157. The molecular formula is C33H47NO13. The summed E-state index contributed by atoms with van der Waals surface area (Å²) in [7, 11) is 0. The molecule has 2 bridgehead atoms. The topological polar surface area (TPSA) is 231 Å². The van der Waals surface area contributed by atoms with Crippen molar-refractivity contribution in [3.63, 3.8) is 0 Å². The van der Waals surface area contributed by atoms with E-state index in [1.165, 1.54) is 12.2 Å². The third kappa shape index (κ3) is 10.6. The summed E-state index contributed by atoms with van der Waals surface area (Å²) in [6.07, 6.45) is 5.25. The lowest BCUT2D eigenvalue weighted by Gasteiger charge is -2.45. The fraction of sp³-hybridized carbons (Fsp3) is 0.636. The summed E-state index contributed by atoms with van der Waals surface area (Å²) in [5.74, 6) is -5.45. The molecule has 4 aliphatic heterocycles. The number of cyclic esters (lactones) is 1. The minimum atomic E-state index is -2.10. The van der Waals surface area contributed by atoms with Gasteiger partial charge in [0.2, 0.25) is 0 Å². The van der Waals surface area contributed by atoms with E-state index >= 15 is 0 Å². The molecule has 0 aromatic heterocycles. The van der Waals surface area contributed by atoms with Crippen LogP contribution in [0.2, 0.25) is 0 Å². The van der Waals surface area contributed by atoms with Crippen molar-refractivity contribution in [2.24, 2.45) is 11.7 Å². The molecule has 8 N–H and O–H groups in total. The lowest BCUT2D eigenvalue weighted by molar-refractivity contribution is -0.308. The van der Waals surface area contributed by atoms with Gasteiger partial charge in [0, 0.05) is 38.2 Å². The van der Waals surface area contributed by atoms with Gasteiger partial charge in [-0.3, -0.25) is 4.79 Å². The summed E-state index contributed by atoms with van der Waals surface area (Å²) in [6.45, 7) is 3.34. The van der Waals surface area contributed by atoms with E-state index in [1.807, 2.05) is 6.08 Å². The maximum absolute atomic E-state index is 12.3. The molecule has 0 unspecified atom stereocenters. The first kappa shape index (κ1) is 37.1. The zero-order valence-electron chi connectivity index (χ0n) is 26.4. The number of nitrogens with two attached hydrogens (primary N) is 1. The van der Waals surface area contributed by atoms with Crippen LogP contribution in [0, 0.1) is 5.92 Å². The number of aliphatic hydroxyl groups excluding tert-OH is 4. The average molecular weight is 666 g/mol. The van der Waals surface area contributed by atoms with Crippen LogP contribution in [0.1, 0.15) is 46.0 Å². The molecule has 3 fully saturated rings. The van der Waals surface area contributed by atoms with Crippen molar-refractivity contribution < 1.29 is 63.9 Å². The number of aliphatic hydroxyl groups is 5. The Morgan fingerprint density at radius 1 is 0.936 bits per heavy atom. The monoisotopic (exact) mass is 665 g/mol. The molecule has 262 valence electrons. The van der Waals surface area contributed by atoms with Crippen molar-refractivity contribution in [3.05, 3.63) is 60.8 Å². The van der Waals surface area contributed by atoms with Crippen molar-refractivity contribution in [1.82, 2.24) is 0 Å². The standard InChI is InChI=1S/C33H47NO13/c1-18-10-8-6-4-3-5-7-9-11-21(45-32-30(39)28(34)29(38)19(2)44-32)15-25-27(31(40)41)22(36)17-33(42,47-25)16-20(35)14-24-23(46-24)12-13-26(37)43-18/h3-9,11-13,18-25,27-30,32,35-36,38-39,42H,10,14-17,34H2,1-2H3,(H,40,41)/b4-3+,7-5+,8-6+,11-9+,13-12+/t18-,19-,20+,21+,22+,23-,24-,25+,27-,28+,29-,30+,32-,33-/m1/s1. The normalized spacial score (nSPS) is 47.2. The van der Waals surface area contributed by atoms with Gasteiger partial charge < -0.3 is 60.1 Å². The minimum absolute atomic E-state index is 0.0789. The predicted octanol–water partition coefficient (Wildman–Crippen LogP) is 0.120. The molecule has 0 spiro atoms. The number of carboxylic acid groups (broad SMARTS) is 1. The Kier molecular flexibility index (Phi) is 13.1. The second-order valence-electron chi connectivity index (χ2n) is 12.6. The zero-order valence-corrected chi connectivity index (χ0v) is 26.4. The molecule has 47 heavy (non-hydrogen) atoms. The fourth-order valence-electron chi connectivity index (χ4n) is 6.00. The second-order valence-corrected chi connectivity index (χ2v) is 12.6. The van der Waals surface area contributed by atoms with Gasteiger partial charge in [0.1, 0.15) is 24.2 Å². The lowest BCUT2D eigenvalue weighted by Crippen LogP contribution is -2.61. The largest absolute Gasteiger partial charge is 0.481 e. The zero-order chi connectivity index (χ0) is 34.3. The highest BCUT2D eigenvalue weighted by atomic mass is 16.7. The number of hydrogen-bond donors (Lipinski definition) is 7. The van der Waals surface area contributed by atoms with Gasteiger partial charge in [0.15, 0.2) is 12.1 Å². The predicted molar refractivity (Wildman–Crippen MR) is 165 cm³/mol. The highest BCUT2D eigenvalue weighted by molar-refractivity contribution is 5.82. The van der Waals surface area contributed by atoms with E-state index in [0.717, 1.165) is 0 Å². The number of carbonyl (C=O) groups is 2. The number of carboxylic acids is 1. The number of esters is 1. The molecule has 0 aromatic carbocycles. The van der Waals surface area contributed by atoms with E-state index in [-0.39, 0.29) is 25.4 Å². The Hall–Kier alpha value is -2.76. The van der Waals surface area contributed by atoms with Crippen LogP contribution in [0.4, 0.5) is 0 Å². The molecule has 4 aliphatic rings. The van der Waals surface area contributed by atoms with Gasteiger partial charge in [0.05, 0.1) is 48.8 Å². The van der Waals surface area contributed by atoms with Crippen LogP contribution < -0.4 is 5.73 Å². The SMILES string of the molecule is C[C@@H]1C/C=C/C=C/C=C/C=C/[C@H](O[C@H]2O[C@H](C)[C@@H](O)[C@H](N)[C@@H]2O)C[C@@H]2O[C@](O)(C[C@@H](O)C[C@H]3O[C@@H]3/C=C/C(=O)O1)C[C@H](O)[C@H]2C(=O)O. The smallest absolute Gasteiger partial charge is 0.330 e. The van der Waals surface area contributed by atoms with Crippen LogP contribution >= 0.6 is 0 Å². The van der Waals surface area contributed by atoms with E-state index in [1.54, 1.807) is 56.4 Å². The first-order valence-corrected chi connectivity index (χ1v) is 15.9. The van der Waals surface area contributed by atoms with Gasteiger partial charge >= 0.3 is 11.9 Å². The molecule has 0 aliphatic carbocycles.